The number of hydrogen-bond acceptors (Lipinski definition) is 4. The molecule has 5 nitrogen and oxygen atoms in total. The average Bonchev–Trinajstić information content (AvgIpc) is 2.82. The normalized spacial score (nSPS) is 13.9. The fourth-order valence-electron chi connectivity index (χ4n) is 1.72. The Hall–Kier alpha value is -1.14. The smallest absolute Gasteiger partial charge is 0.315 e. The Kier molecular flexibility index (Phi) is 6.07. The molecule has 0 aromatic carbocycles. The van der Waals surface area contributed by atoms with Gasteiger partial charge in [-0.05, 0) is 13.3 Å². The molecular weight excluding hydrogens is 250 g/mol. The van der Waals surface area contributed by atoms with Crippen LogP contribution in [0.2, 0.25) is 0 Å². The molecule has 102 valence electrons. The van der Waals surface area contributed by atoms with Crippen molar-refractivity contribution in [2.75, 3.05) is 13.2 Å². The highest BCUT2D eigenvalue weighted by Crippen LogP contribution is 2.10. The topological polar surface area (TPSA) is 74.2 Å². The third-order valence-corrected chi connectivity index (χ3v) is 3.35. The Balaban J connectivity index is 2.28. The minimum Gasteiger partial charge on any atom is -0.394 e. The van der Waals surface area contributed by atoms with Gasteiger partial charge in [0.15, 0.2) is 0 Å². The lowest BCUT2D eigenvalue weighted by Gasteiger charge is -2.28. The monoisotopic (exact) mass is 271 g/mol. The third-order valence-electron chi connectivity index (χ3n) is 2.72. The van der Waals surface area contributed by atoms with Crippen LogP contribution >= 0.6 is 11.3 Å². The summed E-state index contributed by atoms with van der Waals surface area (Å²) in [6, 6.07) is -0.241. The number of carbonyl (C=O) groups excluding carboxylic acids is 1. The number of carbonyl (C=O) groups is 1. The summed E-state index contributed by atoms with van der Waals surface area (Å²) in [4.78, 5) is 15.8. The van der Waals surface area contributed by atoms with E-state index in [0.29, 0.717) is 6.54 Å². The first-order chi connectivity index (χ1) is 8.59. The summed E-state index contributed by atoms with van der Waals surface area (Å²) in [7, 11) is 0. The van der Waals surface area contributed by atoms with E-state index < -0.39 is 5.54 Å². The molecule has 6 heteroatoms. The molecule has 18 heavy (non-hydrogen) atoms. The molecule has 0 aliphatic carbocycles. The Morgan fingerprint density at radius 1 is 1.61 bits per heavy atom. The van der Waals surface area contributed by atoms with E-state index in [4.69, 9.17) is 0 Å². The second-order valence-electron chi connectivity index (χ2n) is 4.58. The van der Waals surface area contributed by atoms with Crippen molar-refractivity contribution in [3.8, 4) is 0 Å². The standard InChI is InChI=1S/C12H21N3O2S/c1-3-5-12(2,8-16)15-11(17)13-6-4-10-7-18-9-14-10/h7,9,16H,3-6,8H2,1-2H3,(H2,13,15,17). The molecule has 0 saturated carbocycles. The zero-order valence-corrected chi connectivity index (χ0v) is 11.7. The Morgan fingerprint density at radius 2 is 2.39 bits per heavy atom. The molecule has 1 atom stereocenters. The van der Waals surface area contributed by atoms with Gasteiger partial charge >= 0.3 is 6.03 Å². The third kappa shape index (κ3) is 5.01. The number of nitrogens with one attached hydrogen (secondary N) is 2. The molecular formula is C12H21N3O2S. The van der Waals surface area contributed by atoms with Crippen LogP contribution in [0.1, 0.15) is 32.4 Å². The van der Waals surface area contributed by atoms with E-state index in [1.165, 1.54) is 0 Å². The van der Waals surface area contributed by atoms with Crippen LogP contribution in [0.5, 0.6) is 0 Å². The maximum Gasteiger partial charge on any atom is 0.315 e. The average molecular weight is 271 g/mol. The van der Waals surface area contributed by atoms with Gasteiger partial charge < -0.3 is 15.7 Å². The molecule has 0 aliphatic heterocycles. The Labute approximate surface area is 112 Å². The van der Waals surface area contributed by atoms with E-state index in [-0.39, 0.29) is 12.6 Å². The van der Waals surface area contributed by atoms with Crippen LogP contribution in [-0.4, -0.2) is 34.8 Å². The van der Waals surface area contributed by atoms with E-state index in [9.17, 15) is 9.90 Å². The van der Waals surface area contributed by atoms with Gasteiger partial charge in [0.2, 0.25) is 0 Å². The highest BCUT2D eigenvalue weighted by molar-refractivity contribution is 7.07. The fourth-order valence-corrected chi connectivity index (χ4v) is 2.31. The largest absolute Gasteiger partial charge is 0.394 e. The number of hydrogen-bond donors (Lipinski definition) is 3. The highest BCUT2D eigenvalue weighted by Gasteiger charge is 2.24. The van der Waals surface area contributed by atoms with Crippen molar-refractivity contribution in [3.05, 3.63) is 16.6 Å². The van der Waals surface area contributed by atoms with Gasteiger partial charge in [-0.1, -0.05) is 13.3 Å². The van der Waals surface area contributed by atoms with Gasteiger partial charge in [-0.15, -0.1) is 11.3 Å². The first-order valence-electron chi connectivity index (χ1n) is 6.13. The number of nitrogens with zero attached hydrogens (tertiary/aromatic N) is 1. The lowest BCUT2D eigenvalue weighted by molar-refractivity contribution is 0.163. The van der Waals surface area contributed by atoms with Gasteiger partial charge in [-0.25, -0.2) is 9.78 Å². The number of aromatic nitrogens is 1. The van der Waals surface area contributed by atoms with Gasteiger partial charge in [0, 0.05) is 18.3 Å². The van der Waals surface area contributed by atoms with Crippen molar-refractivity contribution in [2.24, 2.45) is 0 Å². The quantitative estimate of drug-likeness (QED) is 0.704. The number of aliphatic hydroxyl groups excluding tert-OH is 1. The Morgan fingerprint density at radius 3 is 2.94 bits per heavy atom. The first-order valence-corrected chi connectivity index (χ1v) is 7.08. The second-order valence-corrected chi connectivity index (χ2v) is 5.30. The zero-order valence-electron chi connectivity index (χ0n) is 10.9. The molecule has 1 rings (SSSR count). The number of urea groups is 1. The van der Waals surface area contributed by atoms with E-state index in [0.717, 1.165) is 25.0 Å². The SMILES string of the molecule is CCCC(C)(CO)NC(=O)NCCc1cscn1. The molecule has 1 aromatic heterocycles. The molecule has 0 fully saturated rings. The predicted molar refractivity (Wildman–Crippen MR) is 72.8 cm³/mol. The molecule has 0 radical (unpaired) electrons. The van der Waals surface area contributed by atoms with Gasteiger partial charge in [-0.2, -0.15) is 0 Å². The van der Waals surface area contributed by atoms with Crippen molar-refractivity contribution < 1.29 is 9.90 Å². The minimum absolute atomic E-state index is 0.0552. The van der Waals surface area contributed by atoms with E-state index in [1.807, 2.05) is 19.2 Å². The van der Waals surface area contributed by atoms with E-state index in [1.54, 1.807) is 16.8 Å². The van der Waals surface area contributed by atoms with Crippen LogP contribution in [0.15, 0.2) is 10.9 Å². The van der Waals surface area contributed by atoms with Crippen molar-refractivity contribution in [3.63, 3.8) is 0 Å². The maximum absolute atomic E-state index is 11.7. The van der Waals surface area contributed by atoms with Gasteiger partial charge in [-0.3, -0.25) is 0 Å². The second kappa shape index (κ2) is 7.33. The molecule has 0 spiro atoms. The zero-order chi connectivity index (χ0) is 13.4. The summed E-state index contributed by atoms with van der Waals surface area (Å²) in [5.74, 6) is 0. The maximum atomic E-state index is 11.7. The summed E-state index contributed by atoms with van der Waals surface area (Å²) in [5, 5.41) is 16.8. The van der Waals surface area contributed by atoms with E-state index in [2.05, 4.69) is 15.6 Å². The minimum atomic E-state index is -0.542. The lowest BCUT2D eigenvalue weighted by atomic mass is 9.98. The molecule has 2 amide bonds. The molecule has 3 N–H and O–H groups in total. The van der Waals surface area contributed by atoms with E-state index >= 15 is 0 Å². The first kappa shape index (κ1) is 14.9. The number of thiazole rings is 1. The fraction of sp³-hybridized carbons (Fsp3) is 0.667. The molecule has 0 aliphatic rings. The Bertz CT molecular complexity index is 356. The van der Waals surface area contributed by atoms with Crippen molar-refractivity contribution >= 4 is 17.4 Å². The van der Waals surface area contributed by atoms with Gasteiger partial charge in [0.05, 0.1) is 23.4 Å². The molecule has 0 saturated heterocycles. The summed E-state index contributed by atoms with van der Waals surface area (Å²) in [6.07, 6.45) is 2.39. The molecule has 0 bridgehead atoms. The summed E-state index contributed by atoms with van der Waals surface area (Å²) >= 11 is 1.55. The van der Waals surface area contributed by atoms with Crippen LogP contribution in [0.4, 0.5) is 4.79 Å². The van der Waals surface area contributed by atoms with Crippen LogP contribution in [0.3, 0.4) is 0 Å². The van der Waals surface area contributed by atoms with Crippen molar-refractivity contribution in [1.29, 1.82) is 0 Å². The van der Waals surface area contributed by atoms with Crippen LogP contribution in [-0.2, 0) is 6.42 Å². The van der Waals surface area contributed by atoms with Crippen LogP contribution in [0, 0.1) is 0 Å². The van der Waals surface area contributed by atoms with Crippen LogP contribution in [0.25, 0.3) is 0 Å². The number of aliphatic hydroxyl groups is 1. The predicted octanol–water partition coefficient (Wildman–Crippen LogP) is 1.54. The van der Waals surface area contributed by atoms with Gasteiger partial charge in [0.1, 0.15) is 0 Å². The number of amides is 2. The summed E-state index contributed by atoms with van der Waals surface area (Å²) in [5.41, 5.74) is 2.22. The summed E-state index contributed by atoms with van der Waals surface area (Å²) in [6.45, 7) is 4.36. The molecule has 1 unspecified atom stereocenters. The van der Waals surface area contributed by atoms with Crippen LogP contribution < -0.4 is 10.6 Å². The van der Waals surface area contributed by atoms with Crippen molar-refractivity contribution in [1.82, 2.24) is 15.6 Å². The lowest BCUT2D eigenvalue weighted by Crippen LogP contribution is -2.52. The summed E-state index contributed by atoms with van der Waals surface area (Å²) < 4.78 is 0. The van der Waals surface area contributed by atoms with Crippen molar-refractivity contribution in [2.45, 2.75) is 38.6 Å². The van der Waals surface area contributed by atoms with Gasteiger partial charge in [0.25, 0.3) is 0 Å². The number of rotatable bonds is 7. The highest BCUT2D eigenvalue weighted by atomic mass is 32.1. The molecule has 1 heterocycles. The molecule has 1 aromatic rings.